The van der Waals surface area contributed by atoms with Crippen LogP contribution in [0.2, 0.25) is 0 Å². The van der Waals surface area contributed by atoms with Crippen LogP contribution in [0.3, 0.4) is 0 Å². The predicted molar refractivity (Wildman–Crippen MR) is 69.7 cm³/mol. The van der Waals surface area contributed by atoms with E-state index >= 15 is 0 Å². The number of hydrogen-bond donors (Lipinski definition) is 0. The Morgan fingerprint density at radius 2 is 1.50 bits per heavy atom. The van der Waals surface area contributed by atoms with Crippen molar-refractivity contribution in [2.24, 2.45) is 5.92 Å². The molecular formula is C14H28N2. The first-order valence-corrected chi connectivity index (χ1v) is 6.71. The number of nitrogens with zero attached hydrogens (tertiary/aromatic N) is 2. The maximum absolute atomic E-state index is 2.69. The Morgan fingerprint density at radius 1 is 0.875 bits per heavy atom. The molecule has 0 aromatic rings. The Bertz CT molecular complexity index is 245. The third-order valence-corrected chi connectivity index (χ3v) is 4.36. The molecule has 0 N–H and O–H groups in total. The summed E-state index contributed by atoms with van der Waals surface area (Å²) in [4.78, 5) is 5.35. The van der Waals surface area contributed by atoms with Crippen LogP contribution < -0.4 is 0 Å². The lowest BCUT2D eigenvalue weighted by molar-refractivity contribution is -0.108. The van der Waals surface area contributed by atoms with Crippen molar-refractivity contribution in [2.75, 3.05) is 19.6 Å². The summed E-state index contributed by atoms with van der Waals surface area (Å²) in [6, 6.07) is 0.813. The first-order chi connectivity index (χ1) is 7.19. The molecule has 0 spiro atoms. The van der Waals surface area contributed by atoms with Crippen LogP contribution in [-0.4, -0.2) is 46.6 Å². The molecule has 0 bridgehead atoms. The number of likely N-dealkylation sites (tertiary alicyclic amines) is 2. The van der Waals surface area contributed by atoms with E-state index in [0.29, 0.717) is 11.1 Å². The van der Waals surface area contributed by atoms with E-state index < -0.39 is 0 Å². The molecule has 0 aliphatic carbocycles. The summed E-state index contributed by atoms with van der Waals surface area (Å²) in [5.74, 6) is 0.970. The highest BCUT2D eigenvalue weighted by Gasteiger charge is 2.47. The van der Waals surface area contributed by atoms with E-state index in [2.05, 4.69) is 51.3 Å². The van der Waals surface area contributed by atoms with Crippen molar-refractivity contribution in [3.05, 3.63) is 0 Å². The second kappa shape index (κ2) is 3.71. The van der Waals surface area contributed by atoms with Crippen LogP contribution in [0.25, 0.3) is 0 Å². The van der Waals surface area contributed by atoms with Crippen LogP contribution in [0, 0.1) is 5.92 Å². The predicted octanol–water partition coefficient (Wildman–Crippen LogP) is 2.59. The average molecular weight is 224 g/mol. The minimum absolute atomic E-state index is 0.337. The van der Waals surface area contributed by atoms with Crippen LogP contribution >= 0.6 is 0 Å². The van der Waals surface area contributed by atoms with Crippen LogP contribution in [0.1, 0.15) is 48.0 Å². The SMILES string of the molecule is CC(C)(C)N1CCC2CN(C(C)(C)C)C2C1. The van der Waals surface area contributed by atoms with Gasteiger partial charge in [-0.1, -0.05) is 0 Å². The molecule has 0 saturated carbocycles. The summed E-state index contributed by atoms with van der Waals surface area (Å²) in [6.07, 6.45) is 1.40. The van der Waals surface area contributed by atoms with Gasteiger partial charge in [-0.05, 0) is 60.4 Å². The molecule has 94 valence electrons. The lowest BCUT2D eigenvalue weighted by atomic mass is 9.78. The maximum atomic E-state index is 2.69. The van der Waals surface area contributed by atoms with Crippen molar-refractivity contribution in [2.45, 2.75) is 65.1 Å². The first-order valence-electron chi connectivity index (χ1n) is 6.71. The summed E-state index contributed by atoms with van der Waals surface area (Å²) in [7, 11) is 0. The largest absolute Gasteiger partial charge is 0.297 e. The molecule has 0 aromatic heterocycles. The van der Waals surface area contributed by atoms with Gasteiger partial charge in [0.2, 0.25) is 0 Å². The maximum Gasteiger partial charge on any atom is 0.0269 e. The van der Waals surface area contributed by atoms with E-state index in [1.807, 2.05) is 0 Å². The fourth-order valence-electron chi connectivity index (χ4n) is 3.18. The third kappa shape index (κ3) is 2.14. The highest BCUT2D eigenvalue weighted by Crippen LogP contribution is 2.38. The minimum atomic E-state index is 0.337. The fraction of sp³-hybridized carbons (Fsp3) is 1.00. The molecule has 2 heterocycles. The summed E-state index contributed by atoms with van der Waals surface area (Å²) in [5.41, 5.74) is 0.687. The van der Waals surface area contributed by atoms with Crippen LogP contribution in [0.15, 0.2) is 0 Å². The second-order valence-corrected chi connectivity index (χ2v) is 7.56. The Kier molecular flexibility index (Phi) is 2.87. The van der Waals surface area contributed by atoms with E-state index in [1.165, 1.54) is 26.1 Å². The molecule has 0 radical (unpaired) electrons. The van der Waals surface area contributed by atoms with Gasteiger partial charge in [0.1, 0.15) is 0 Å². The topological polar surface area (TPSA) is 6.48 Å². The number of rotatable bonds is 0. The highest BCUT2D eigenvalue weighted by atomic mass is 15.3. The minimum Gasteiger partial charge on any atom is -0.297 e. The third-order valence-electron chi connectivity index (χ3n) is 4.36. The van der Waals surface area contributed by atoms with E-state index in [-0.39, 0.29) is 0 Å². The van der Waals surface area contributed by atoms with Gasteiger partial charge in [0, 0.05) is 30.2 Å². The molecule has 0 amide bonds. The van der Waals surface area contributed by atoms with Gasteiger partial charge in [-0.15, -0.1) is 0 Å². The van der Waals surface area contributed by atoms with Gasteiger partial charge in [0.05, 0.1) is 0 Å². The molecule has 0 aromatic carbocycles. The zero-order valence-electron chi connectivity index (χ0n) is 11.9. The lowest BCUT2D eigenvalue weighted by Crippen LogP contribution is -2.70. The summed E-state index contributed by atoms with van der Waals surface area (Å²) >= 11 is 0. The van der Waals surface area contributed by atoms with Gasteiger partial charge in [-0.3, -0.25) is 9.80 Å². The van der Waals surface area contributed by atoms with Crippen LogP contribution in [0.4, 0.5) is 0 Å². The summed E-state index contributed by atoms with van der Waals surface area (Å²) < 4.78 is 0. The molecule has 2 aliphatic heterocycles. The summed E-state index contributed by atoms with van der Waals surface area (Å²) in [5, 5.41) is 0. The number of fused-ring (bicyclic) bond motifs is 1. The van der Waals surface area contributed by atoms with Gasteiger partial charge in [0.15, 0.2) is 0 Å². The van der Waals surface area contributed by atoms with Crippen molar-refractivity contribution in [3.8, 4) is 0 Å². The Balaban J connectivity index is 2.01. The fourth-order valence-corrected chi connectivity index (χ4v) is 3.18. The zero-order valence-corrected chi connectivity index (χ0v) is 11.9. The summed E-state index contributed by atoms with van der Waals surface area (Å²) in [6.45, 7) is 18.0. The van der Waals surface area contributed by atoms with Crippen molar-refractivity contribution < 1.29 is 0 Å². The molecule has 2 aliphatic rings. The first kappa shape index (κ1) is 12.4. The Morgan fingerprint density at radius 3 is 2.00 bits per heavy atom. The Hall–Kier alpha value is -0.0800. The monoisotopic (exact) mass is 224 g/mol. The van der Waals surface area contributed by atoms with Gasteiger partial charge in [-0.2, -0.15) is 0 Å². The molecule has 2 nitrogen and oxygen atoms in total. The van der Waals surface area contributed by atoms with Crippen molar-refractivity contribution >= 4 is 0 Å². The van der Waals surface area contributed by atoms with Crippen molar-refractivity contribution in [1.29, 1.82) is 0 Å². The highest BCUT2D eigenvalue weighted by molar-refractivity contribution is 5.03. The molecule has 2 saturated heterocycles. The molecule has 2 unspecified atom stereocenters. The van der Waals surface area contributed by atoms with Crippen molar-refractivity contribution in [1.82, 2.24) is 9.80 Å². The van der Waals surface area contributed by atoms with E-state index in [1.54, 1.807) is 0 Å². The van der Waals surface area contributed by atoms with Gasteiger partial charge in [0.25, 0.3) is 0 Å². The standard InChI is InChI=1S/C14H28N2/c1-13(2,3)15-8-7-11-9-16(12(11)10-15)14(4,5)6/h11-12H,7-10H2,1-6H3. The smallest absolute Gasteiger partial charge is 0.0269 e. The number of piperidine rings is 1. The van der Waals surface area contributed by atoms with E-state index in [0.717, 1.165) is 12.0 Å². The van der Waals surface area contributed by atoms with Gasteiger partial charge < -0.3 is 0 Å². The molecule has 2 heteroatoms. The van der Waals surface area contributed by atoms with Crippen LogP contribution in [0.5, 0.6) is 0 Å². The van der Waals surface area contributed by atoms with E-state index in [9.17, 15) is 0 Å². The molecular weight excluding hydrogens is 196 g/mol. The van der Waals surface area contributed by atoms with Gasteiger partial charge in [-0.25, -0.2) is 0 Å². The van der Waals surface area contributed by atoms with Gasteiger partial charge >= 0.3 is 0 Å². The quantitative estimate of drug-likeness (QED) is 0.624. The molecule has 2 rings (SSSR count). The second-order valence-electron chi connectivity index (χ2n) is 7.56. The van der Waals surface area contributed by atoms with Crippen molar-refractivity contribution in [3.63, 3.8) is 0 Å². The molecule has 2 fully saturated rings. The number of hydrogen-bond acceptors (Lipinski definition) is 2. The van der Waals surface area contributed by atoms with Crippen LogP contribution in [-0.2, 0) is 0 Å². The zero-order chi connectivity index (χ0) is 12.1. The normalized spacial score (nSPS) is 33.4. The Labute approximate surface area is 101 Å². The lowest BCUT2D eigenvalue weighted by Gasteiger charge is -2.60. The molecule has 16 heavy (non-hydrogen) atoms. The molecule has 2 atom stereocenters. The average Bonchev–Trinajstić information content (AvgIpc) is 2.02. The van der Waals surface area contributed by atoms with E-state index in [4.69, 9.17) is 0 Å².